The quantitative estimate of drug-likeness (QED) is 0.721. The Morgan fingerprint density at radius 2 is 1.90 bits per heavy atom. The fourth-order valence-electron chi connectivity index (χ4n) is 2.28. The van der Waals surface area contributed by atoms with E-state index < -0.39 is 0 Å². The minimum Gasteiger partial charge on any atom is -0.317 e. The Kier molecular flexibility index (Phi) is 3.33. The molecule has 1 nitrogen and oxygen atoms in total. The van der Waals surface area contributed by atoms with Crippen molar-refractivity contribution in [3.8, 4) is 0 Å². The Hall–Kier alpha value is -2.06. The number of rotatable bonds is 2. The van der Waals surface area contributed by atoms with Crippen LogP contribution in [0.5, 0.6) is 0 Å². The van der Waals surface area contributed by atoms with Crippen LogP contribution in [0.4, 0.5) is 5.69 Å². The lowest BCUT2D eigenvalue weighted by molar-refractivity contribution is 1.20. The highest BCUT2D eigenvalue weighted by Crippen LogP contribution is 2.31. The van der Waals surface area contributed by atoms with Crippen LogP contribution < -0.4 is 4.90 Å². The highest BCUT2D eigenvalue weighted by Gasteiger charge is 2.13. The summed E-state index contributed by atoms with van der Waals surface area (Å²) in [5.74, 6) is 0. The third kappa shape index (κ3) is 2.47. The zero-order valence-electron chi connectivity index (χ0n) is 11.8. The number of anilines is 1. The molecule has 0 N–H and O–H groups in total. The van der Waals surface area contributed by atoms with Crippen molar-refractivity contribution in [2.45, 2.75) is 13.8 Å². The highest BCUT2D eigenvalue weighted by molar-refractivity contribution is 7.11. The number of benzene rings is 1. The number of thiophene rings is 1. The van der Waals surface area contributed by atoms with Gasteiger partial charge >= 0.3 is 0 Å². The molecule has 0 unspecified atom stereocenters. The molecular formula is C18H17NS. The van der Waals surface area contributed by atoms with Gasteiger partial charge in [0, 0.05) is 28.0 Å². The second kappa shape index (κ2) is 5.14. The van der Waals surface area contributed by atoms with E-state index in [-0.39, 0.29) is 0 Å². The van der Waals surface area contributed by atoms with Crippen molar-refractivity contribution in [2.75, 3.05) is 4.90 Å². The molecule has 0 bridgehead atoms. The van der Waals surface area contributed by atoms with E-state index in [1.165, 1.54) is 21.6 Å². The van der Waals surface area contributed by atoms with E-state index in [1.807, 2.05) is 0 Å². The van der Waals surface area contributed by atoms with Gasteiger partial charge in [0.25, 0.3) is 0 Å². The van der Waals surface area contributed by atoms with E-state index in [9.17, 15) is 0 Å². The molecule has 1 aliphatic rings. The lowest BCUT2D eigenvalue weighted by atomic mass is 10.1. The molecule has 2 heterocycles. The van der Waals surface area contributed by atoms with Crippen LogP contribution in [0.25, 0.3) is 5.57 Å². The lowest BCUT2D eigenvalue weighted by Crippen LogP contribution is -2.16. The fraction of sp³-hybridized carbons (Fsp3) is 0.111. The molecule has 20 heavy (non-hydrogen) atoms. The lowest BCUT2D eigenvalue weighted by Gasteiger charge is -2.25. The number of hydrogen-bond donors (Lipinski definition) is 0. The van der Waals surface area contributed by atoms with Crippen molar-refractivity contribution < 1.29 is 0 Å². The first-order valence-electron chi connectivity index (χ1n) is 6.64. The highest BCUT2D eigenvalue weighted by atomic mass is 32.1. The molecule has 2 aromatic rings. The molecule has 0 fully saturated rings. The van der Waals surface area contributed by atoms with E-state index in [0.29, 0.717) is 0 Å². The molecule has 0 atom stereocenters. The van der Waals surface area contributed by atoms with Gasteiger partial charge in [-0.15, -0.1) is 11.3 Å². The van der Waals surface area contributed by atoms with Gasteiger partial charge < -0.3 is 4.90 Å². The van der Waals surface area contributed by atoms with Crippen molar-refractivity contribution in [1.82, 2.24) is 0 Å². The third-order valence-corrected chi connectivity index (χ3v) is 4.42. The molecule has 0 spiro atoms. The summed E-state index contributed by atoms with van der Waals surface area (Å²) in [7, 11) is 0. The van der Waals surface area contributed by atoms with Crippen LogP contribution in [-0.4, -0.2) is 0 Å². The molecule has 0 saturated carbocycles. The zero-order chi connectivity index (χ0) is 14.1. The normalized spacial score (nSPS) is 14.6. The Bertz CT molecular complexity index is 719. The first-order chi connectivity index (χ1) is 9.63. The third-order valence-electron chi connectivity index (χ3n) is 3.33. The topological polar surface area (TPSA) is 3.24 Å². The van der Waals surface area contributed by atoms with Crippen LogP contribution in [0.2, 0.25) is 0 Å². The van der Waals surface area contributed by atoms with Gasteiger partial charge in [0.1, 0.15) is 0 Å². The molecule has 0 saturated heterocycles. The van der Waals surface area contributed by atoms with Gasteiger partial charge in [-0.1, -0.05) is 24.8 Å². The van der Waals surface area contributed by atoms with Gasteiger partial charge in [0.2, 0.25) is 0 Å². The summed E-state index contributed by atoms with van der Waals surface area (Å²) in [5, 5.41) is 2.18. The first-order valence-corrected chi connectivity index (χ1v) is 7.52. The Morgan fingerprint density at radius 1 is 1.05 bits per heavy atom. The Morgan fingerprint density at radius 3 is 2.60 bits per heavy atom. The largest absolute Gasteiger partial charge is 0.317 e. The molecular weight excluding hydrogens is 262 g/mol. The van der Waals surface area contributed by atoms with E-state index in [1.54, 1.807) is 11.3 Å². The van der Waals surface area contributed by atoms with Crippen LogP contribution in [0.3, 0.4) is 0 Å². The maximum Gasteiger partial charge on any atom is 0.0458 e. The molecule has 1 aliphatic heterocycles. The second-order valence-corrected chi connectivity index (χ2v) is 6.02. The minimum absolute atomic E-state index is 0.993. The van der Waals surface area contributed by atoms with Crippen LogP contribution in [0.15, 0.2) is 66.3 Å². The number of allylic oxidation sites excluding steroid dienone is 3. The summed E-state index contributed by atoms with van der Waals surface area (Å²) in [6, 6.07) is 10.7. The molecule has 1 aromatic heterocycles. The SMILES string of the molecule is C=C1C=CC(c2cc(C)cs2)=CN1c1cccc(C)c1. The standard InChI is InChI=1S/C18H17NS/c1-13-5-4-6-17(9-13)19-11-16(8-7-15(19)3)18-10-14(2)12-20-18/h4-12H,3H2,1-2H3. The average molecular weight is 279 g/mol. The van der Waals surface area contributed by atoms with E-state index in [4.69, 9.17) is 0 Å². The summed E-state index contributed by atoms with van der Waals surface area (Å²) >= 11 is 1.78. The number of nitrogens with zero attached hydrogens (tertiary/aromatic N) is 1. The van der Waals surface area contributed by atoms with E-state index in [0.717, 1.165) is 11.4 Å². The Balaban J connectivity index is 2.00. The van der Waals surface area contributed by atoms with Crippen molar-refractivity contribution in [3.05, 3.63) is 82.3 Å². The van der Waals surface area contributed by atoms with E-state index >= 15 is 0 Å². The summed E-state index contributed by atoms with van der Waals surface area (Å²) in [6.45, 7) is 8.37. The zero-order valence-corrected chi connectivity index (χ0v) is 12.6. The summed E-state index contributed by atoms with van der Waals surface area (Å²) in [4.78, 5) is 3.45. The van der Waals surface area contributed by atoms with Gasteiger partial charge in [-0.25, -0.2) is 0 Å². The van der Waals surface area contributed by atoms with Gasteiger partial charge in [0.15, 0.2) is 0 Å². The second-order valence-electron chi connectivity index (χ2n) is 5.11. The first kappa shape index (κ1) is 12.9. The molecule has 0 amide bonds. The number of hydrogen-bond acceptors (Lipinski definition) is 2. The van der Waals surface area contributed by atoms with Crippen LogP contribution >= 0.6 is 11.3 Å². The average Bonchev–Trinajstić information content (AvgIpc) is 2.86. The molecule has 3 rings (SSSR count). The van der Waals surface area contributed by atoms with Gasteiger partial charge in [-0.3, -0.25) is 0 Å². The van der Waals surface area contributed by atoms with Crippen LogP contribution in [0, 0.1) is 13.8 Å². The predicted molar refractivity (Wildman–Crippen MR) is 89.0 cm³/mol. The minimum atomic E-state index is 0.993. The number of aryl methyl sites for hydroxylation is 2. The molecule has 2 heteroatoms. The van der Waals surface area contributed by atoms with Gasteiger partial charge in [0.05, 0.1) is 0 Å². The molecule has 0 radical (unpaired) electrons. The van der Waals surface area contributed by atoms with Gasteiger partial charge in [-0.05, 0) is 54.6 Å². The molecule has 0 aliphatic carbocycles. The molecule has 1 aromatic carbocycles. The smallest absolute Gasteiger partial charge is 0.0458 e. The maximum atomic E-state index is 4.13. The van der Waals surface area contributed by atoms with Crippen molar-refractivity contribution >= 4 is 22.6 Å². The van der Waals surface area contributed by atoms with Crippen molar-refractivity contribution in [3.63, 3.8) is 0 Å². The Labute approximate surface area is 124 Å². The van der Waals surface area contributed by atoms with Crippen molar-refractivity contribution in [1.29, 1.82) is 0 Å². The van der Waals surface area contributed by atoms with Crippen LogP contribution in [0.1, 0.15) is 16.0 Å². The molecule has 100 valence electrons. The maximum absolute atomic E-state index is 4.13. The summed E-state index contributed by atoms with van der Waals surface area (Å²) in [5.41, 5.74) is 5.95. The fourth-order valence-corrected chi connectivity index (χ4v) is 3.17. The predicted octanol–water partition coefficient (Wildman–Crippen LogP) is 5.30. The summed E-state index contributed by atoms with van der Waals surface area (Å²) in [6.07, 6.45) is 6.38. The van der Waals surface area contributed by atoms with E-state index in [2.05, 4.69) is 79.4 Å². The van der Waals surface area contributed by atoms with Crippen LogP contribution in [-0.2, 0) is 0 Å². The monoisotopic (exact) mass is 279 g/mol. The summed E-state index contributed by atoms with van der Waals surface area (Å²) < 4.78 is 0. The van der Waals surface area contributed by atoms with Gasteiger partial charge in [-0.2, -0.15) is 0 Å². The van der Waals surface area contributed by atoms with Crippen molar-refractivity contribution in [2.24, 2.45) is 0 Å².